The van der Waals surface area contributed by atoms with E-state index in [9.17, 15) is 4.79 Å². The fourth-order valence-electron chi connectivity index (χ4n) is 2.16. The first-order valence-electron chi connectivity index (χ1n) is 7.26. The van der Waals surface area contributed by atoms with Crippen LogP contribution in [0.25, 0.3) is 10.7 Å². The summed E-state index contributed by atoms with van der Waals surface area (Å²) >= 11 is 6.75. The van der Waals surface area contributed by atoms with Gasteiger partial charge in [0.05, 0.1) is 4.88 Å². The van der Waals surface area contributed by atoms with Gasteiger partial charge in [-0.05, 0) is 23.1 Å². The van der Waals surface area contributed by atoms with Crippen LogP contribution in [0.2, 0.25) is 0 Å². The second-order valence-corrected chi connectivity index (χ2v) is 7.78. The SMILES string of the molecule is NC(=O)CCn1c(SCc2ccccc2Br)nnc1-c1cccs1. The van der Waals surface area contributed by atoms with Crippen LogP contribution in [0.15, 0.2) is 51.4 Å². The Labute approximate surface area is 156 Å². The molecule has 0 radical (unpaired) electrons. The van der Waals surface area contributed by atoms with Crippen molar-refractivity contribution in [1.82, 2.24) is 14.8 Å². The van der Waals surface area contributed by atoms with Crippen LogP contribution < -0.4 is 5.73 Å². The van der Waals surface area contributed by atoms with Gasteiger partial charge in [-0.3, -0.25) is 4.79 Å². The standard InChI is InChI=1S/C16H15BrN4OS2/c17-12-5-2-1-4-11(12)10-24-16-20-19-15(13-6-3-9-23-13)21(16)8-7-14(18)22/h1-6,9H,7-8,10H2,(H2,18,22). The highest BCUT2D eigenvalue weighted by Gasteiger charge is 2.16. The number of halogens is 1. The molecule has 0 saturated heterocycles. The van der Waals surface area contributed by atoms with Crippen molar-refractivity contribution in [1.29, 1.82) is 0 Å². The molecule has 1 amide bonds. The molecule has 0 aliphatic carbocycles. The minimum absolute atomic E-state index is 0.263. The Hall–Kier alpha value is -1.64. The third-order valence-corrected chi connectivity index (χ3v) is 6.01. The molecule has 3 rings (SSSR count). The number of carbonyl (C=O) groups is 1. The average Bonchev–Trinajstić information content (AvgIpc) is 3.21. The van der Waals surface area contributed by atoms with Crippen molar-refractivity contribution in [2.45, 2.75) is 23.9 Å². The van der Waals surface area contributed by atoms with Gasteiger partial charge in [-0.2, -0.15) is 0 Å². The van der Waals surface area contributed by atoms with E-state index in [1.807, 2.05) is 40.3 Å². The van der Waals surface area contributed by atoms with Crippen molar-refractivity contribution < 1.29 is 4.79 Å². The van der Waals surface area contributed by atoms with Gasteiger partial charge in [-0.1, -0.05) is 52.0 Å². The number of aromatic nitrogens is 3. The lowest BCUT2D eigenvalue weighted by atomic mass is 10.2. The van der Waals surface area contributed by atoms with Gasteiger partial charge in [-0.25, -0.2) is 0 Å². The van der Waals surface area contributed by atoms with Crippen LogP contribution in [0.1, 0.15) is 12.0 Å². The van der Waals surface area contributed by atoms with E-state index >= 15 is 0 Å². The molecule has 8 heteroatoms. The number of primary amides is 1. The number of nitrogens with two attached hydrogens (primary N) is 1. The Morgan fingerprint density at radius 2 is 2.08 bits per heavy atom. The smallest absolute Gasteiger partial charge is 0.219 e. The maximum absolute atomic E-state index is 11.2. The number of hydrogen-bond acceptors (Lipinski definition) is 5. The maximum Gasteiger partial charge on any atom is 0.219 e. The number of hydrogen-bond donors (Lipinski definition) is 1. The fourth-order valence-corrected chi connectivity index (χ4v) is 4.46. The number of benzene rings is 1. The summed E-state index contributed by atoms with van der Waals surface area (Å²) in [6, 6.07) is 12.1. The van der Waals surface area contributed by atoms with Gasteiger partial charge in [0.1, 0.15) is 0 Å². The molecule has 0 fully saturated rings. The summed E-state index contributed by atoms with van der Waals surface area (Å²) in [4.78, 5) is 12.2. The Balaban J connectivity index is 1.84. The maximum atomic E-state index is 11.2. The molecule has 2 aromatic heterocycles. The molecule has 0 bridgehead atoms. The molecule has 1 aromatic carbocycles. The summed E-state index contributed by atoms with van der Waals surface area (Å²) in [5.74, 6) is 1.21. The van der Waals surface area contributed by atoms with Crippen molar-refractivity contribution in [3.63, 3.8) is 0 Å². The van der Waals surface area contributed by atoms with Gasteiger partial charge in [0.25, 0.3) is 0 Å². The van der Waals surface area contributed by atoms with Crippen molar-refractivity contribution in [3.05, 3.63) is 51.8 Å². The lowest BCUT2D eigenvalue weighted by Gasteiger charge is -2.09. The molecule has 3 aromatic rings. The van der Waals surface area contributed by atoms with E-state index in [1.165, 1.54) is 5.56 Å². The minimum atomic E-state index is -0.331. The molecule has 2 heterocycles. The van der Waals surface area contributed by atoms with Crippen LogP contribution in [-0.4, -0.2) is 20.7 Å². The van der Waals surface area contributed by atoms with Crippen LogP contribution >= 0.6 is 39.0 Å². The van der Waals surface area contributed by atoms with Gasteiger partial charge >= 0.3 is 0 Å². The topological polar surface area (TPSA) is 73.8 Å². The van der Waals surface area contributed by atoms with Crippen molar-refractivity contribution in [2.24, 2.45) is 5.73 Å². The normalized spacial score (nSPS) is 10.9. The molecule has 24 heavy (non-hydrogen) atoms. The number of rotatable bonds is 7. The predicted molar refractivity (Wildman–Crippen MR) is 101 cm³/mol. The van der Waals surface area contributed by atoms with E-state index in [2.05, 4.69) is 32.2 Å². The number of carbonyl (C=O) groups excluding carboxylic acids is 1. The van der Waals surface area contributed by atoms with E-state index in [1.54, 1.807) is 23.1 Å². The first-order valence-corrected chi connectivity index (χ1v) is 9.92. The molecule has 2 N–H and O–H groups in total. The highest BCUT2D eigenvalue weighted by molar-refractivity contribution is 9.10. The van der Waals surface area contributed by atoms with Gasteiger partial charge in [0.2, 0.25) is 5.91 Å². The zero-order valence-corrected chi connectivity index (χ0v) is 15.9. The largest absolute Gasteiger partial charge is 0.370 e. The van der Waals surface area contributed by atoms with Crippen LogP contribution in [0.3, 0.4) is 0 Å². The highest BCUT2D eigenvalue weighted by Crippen LogP contribution is 2.30. The third kappa shape index (κ3) is 4.06. The summed E-state index contributed by atoms with van der Waals surface area (Å²) in [5.41, 5.74) is 6.49. The lowest BCUT2D eigenvalue weighted by Crippen LogP contribution is -2.14. The molecular weight excluding hydrogens is 408 g/mol. The van der Waals surface area contributed by atoms with Crippen molar-refractivity contribution in [2.75, 3.05) is 0 Å². The second-order valence-electron chi connectivity index (χ2n) is 5.03. The van der Waals surface area contributed by atoms with E-state index in [0.717, 1.165) is 26.1 Å². The van der Waals surface area contributed by atoms with Gasteiger partial charge < -0.3 is 10.3 Å². The fraction of sp³-hybridized carbons (Fsp3) is 0.188. The third-order valence-electron chi connectivity index (χ3n) is 3.35. The number of amides is 1. The molecule has 0 saturated carbocycles. The van der Waals surface area contributed by atoms with Crippen LogP contribution in [0.5, 0.6) is 0 Å². The van der Waals surface area contributed by atoms with Gasteiger partial charge in [-0.15, -0.1) is 21.5 Å². The van der Waals surface area contributed by atoms with Gasteiger partial charge in [0, 0.05) is 23.2 Å². The first-order chi connectivity index (χ1) is 11.6. The number of thiophene rings is 1. The first kappa shape index (κ1) is 17.2. The Kier molecular flexibility index (Phi) is 5.70. The Bertz CT molecular complexity index is 832. The van der Waals surface area contributed by atoms with Crippen molar-refractivity contribution >= 4 is 44.9 Å². The summed E-state index contributed by atoms with van der Waals surface area (Å²) in [6.45, 7) is 0.480. The molecule has 5 nitrogen and oxygen atoms in total. The van der Waals surface area contributed by atoms with E-state index in [4.69, 9.17) is 5.73 Å². The minimum Gasteiger partial charge on any atom is -0.370 e. The van der Waals surface area contributed by atoms with E-state index in [0.29, 0.717) is 6.54 Å². The second kappa shape index (κ2) is 7.96. The molecule has 0 aliphatic heterocycles. The zero-order valence-electron chi connectivity index (χ0n) is 12.7. The summed E-state index contributed by atoms with van der Waals surface area (Å²) in [6.07, 6.45) is 0.263. The van der Waals surface area contributed by atoms with Crippen LogP contribution in [0, 0.1) is 0 Å². The number of thioether (sulfide) groups is 1. The molecule has 0 aliphatic rings. The van der Waals surface area contributed by atoms with Crippen LogP contribution in [-0.2, 0) is 17.1 Å². The predicted octanol–water partition coefficient (Wildman–Crippen LogP) is 3.94. The Morgan fingerprint density at radius 3 is 2.79 bits per heavy atom. The number of nitrogens with zero attached hydrogens (tertiary/aromatic N) is 3. The van der Waals surface area contributed by atoms with Crippen molar-refractivity contribution in [3.8, 4) is 10.7 Å². The van der Waals surface area contributed by atoms with Crippen LogP contribution in [0.4, 0.5) is 0 Å². The van der Waals surface area contributed by atoms with Gasteiger partial charge in [0.15, 0.2) is 11.0 Å². The zero-order chi connectivity index (χ0) is 16.9. The quantitative estimate of drug-likeness (QED) is 0.585. The van der Waals surface area contributed by atoms with E-state index < -0.39 is 0 Å². The monoisotopic (exact) mass is 422 g/mol. The summed E-state index contributed by atoms with van der Waals surface area (Å²) < 4.78 is 3.04. The molecule has 0 atom stereocenters. The molecule has 0 unspecified atom stereocenters. The summed E-state index contributed by atoms with van der Waals surface area (Å²) in [5, 5.41) is 11.4. The highest BCUT2D eigenvalue weighted by atomic mass is 79.9. The average molecular weight is 423 g/mol. The molecule has 124 valence electrons. The Morgan fingerprint density at radius 1 is 1.25 bits per heavy atom. The lowest BCUT2D eigenvalue weighted by molar-refractivity contribution is -0.118. The molecule has 0 spiro atoms. The van der Waals surface area contributed by atoms with E-state index in [-0.39, 0.29) is 12.3 Å². The molecular formula is C16H15BrN4OS2. The summed E-state index contributed by atoms with van der Waals surface area (Å²) in [7, 11) is 0.